The summed E-state index contributed by atoms with van der Waals surface area (Å²) in [5.74, 6) is 1.70. The number of benzene rings is 2. The molecule has 0 amide bonds. The second kappa shape index (κ2) is 6.44. The summed E-state index contributed by atoms with van der Waals surface area (Å²) in [6.07, 6.45) is 1.02. The number of hydrogen-bond donors (Lipinski definition) is 0. The Kier molecular flexibility index (Phi) is 4.20. The number of hydrogen-bond acceptors (Lipinski definition) is 3. The van der Waals surface area contributed by atoms with Crippen LogP contribution in [0.1, 0.15) is 18.1 Å². The molecular formula is C18H19NO2. The highest BCUT2D eigenvalue weighted by atomic mass is 16.5. The molecule has 108 valence electrons. The van der Waals surface area contributed by atoms with Crippen LogP contribution in [0.2, 0.25) is 0 Å². The van der Waals surface area contributed by atoms with Crippen molar-refractivity contribution in [2.45, 2.75) is 13.3 Å². The molecule has 0 bridgehead atoms. The maximum atomic E-state index is 5.85. The maximum Gasteiger partial charge on any atom is 0.130 e. The van der Waals surface area contributed by atoms with Crippen LogP contribution in [0.15, 0.2) is 53.5 Å². The summed E-state index contributed by atoms with van der Waals surface area (Å²) in [5.41, 5.74) is 3.61. The molecule has 1 heterocycles. The van der Waals surface area contributed by atoms with Gasteiger partial charge in [0.1, 0.15) is 18.1 Å². The first-order chi connectivity index (χ1) is 10.4. The van der Waals surface area contributed by atoms with Crippen LogP contribution in [-0.4, -0.2) is 25.5 Å². The van der Waals surface area contributed by atoms with E-state index in [1.807, 2.05) is 31.2 Å². The fourth-order valence-corrected chi connectivity index (χ4v) is 2.49. The Hall–Kier alpha value is -2.29. The maximum absolute atomic E-state index is 5.85. The number of ether oxygens (including phenoxy) is 2. The summed E-state index contributed by atoms with van der Waals surface area (Å²) in [5, 5.41) is 0. The Morgan fingerprint density at radius 1 is 0.952 bits per heavy atom. The van der Waals surface area contributed by atoms with Gasteiger partial charge in [-0.1, -0.05) is 24.3 Å². The quantitative estimate of drug-likeness (QED) is 0.839. The third kappa shape index (κ3) is 3.24. The van der Waals surface area contributed by atoms with E-state index in [1.54, 1.807) is 0 Å². The van der Waals surface area contributed by atoms with Crippen molar-refractivity contribution in [3.05, 3.63) is 59.7 Å². The van der Waals surface area contributed by atoms with Crippen molar-refractivity contribution in [2.24, 2.45) is 4.99 Å². The first-order valence-electron chi connectivity index (χ1n) is 7.34. The van der Waals surface area contributed by atoms with Crippen LogP contribution in [0.25, 0.3) is 0 Å². The van der Waals surface area contributed by atoms with Crippen LogP contribution in [0.3, 0.4) is 0 Å². The second-order valence-corrected chi connectivity index (χ2v) is 4.93. The highest BCUT2D eigenvalue weighted by Crippen LogP contribution is 2.19. The Bertz CT molecular complexity index is 632. The highest BCUT2D eigenvalue weighted by Gasteiger charge is 2.13. The van der Waals surface area contributed by atoms with Crippen LogP contribution >= 0.6 is 0 Å². The molecule has 0 saturated carbocycles. The normalized spacial score (nSPS) is 13.3. The van der Waals surface area contributed by atoms with Crippen molar-refractivity contribution in [3.63, 3.8) is 0 Å². The van der Waals surface area contributed by atoms with E-state index >= 15 is 0 Å². The molecule has 3 rings (SSSR count). The third-order valence-electron chi connectivity index (χ3n) is 3.52. The van der Waals surface area contributed by atoms with E-state index in [4.69, 9.17) is 9.47 Å². The van der Waals surface area contributed by atoms with Gasteiger partial charge in [0.2, 0.25) is 0 Å². The summed E-state index contributed by atoms with van der Waals surface area (Å²) in [6.45, 7) is 4.00. The largest absolute Gasteiger partial charge is 0.494 e. The number of aliphatic imine (C=N–C) groups is 1. The predicted molar refractivity (Wildman–Crippen MR) is 84.7 cm³/mol. The zero-order valence-corrected chi connectivity index (χ0v) is 12.2. The molecule has 0 saturated heterocycles. The molecule has 0 spiro atoms. The van der Waals surface area contributed by atoms with E-state index in [2.05, 4.69) is 29.3 Å². The SMILES string of the molecule is CCOc1ccc(OCC2=NCCc3ccccc32)cc1. The van der Waals surface area contributed by atoms with Crippen LogP contribution in [0.5, 0.6) is 11.5 Å². The van der Waals surface area contributed by atoms with Crippen LogP contribution in [0, 0.1) is 0 Å². The van der Waals surface area contributed by atoms with Gasteiger partial charge in [-0.25, -0.2) is 0 Å². The average Bonchev–Trinajstić information content (AvgIpc) is 2.54. The molecule has 0 fully saturated rings. The van der Waals surface area contributed by atoms with Gasteiger partial charge in [0.25, 0.3) is 0 Å². The molecule has 0 aromatic heterocycles. The molecule has 2 aromatic carbocycles. The predicted octanol–water partition coefficient (Wildman–Crippen LogP) is 3.51. The van der Waals surface area contributed by atoms with Gasteiger partial charge in [0.05, 0.1) is 12.3 Å². The van der Waals surface area contributed by atoms with Crippen LogP contribution in [-0.2, 0) is 6.42 Å². The lowest BCUT2D eigenvalue weighted by atomic mass is 9.98. The minimum Gasteiger partial charge on any atom is -0.494 e. The zero-order chi connectivity index (χ0) is 14.5. The lowest BCUT2D eigenvalue weighted by Gasteiger charge is -2.17. The van der Waals surface area contributed by atoms with E-state index in [9.17, 15) is 0 Å². The van der Waals surface area contributed by atoms with Gasteiger partial charge < -0.3 is 9.47 Å². The molecule has 0 radical (unpaired) electrons. The van der Waals surface area contributed by atoms with Gasteiger partial charge in [-0.05, 0) is 43.2 Å². The Morgan fingerprint density at radius 2 is 1.67 bits per heavy atom. The van der Waals surface area contributed by atoms with Crippen molar-refractivity contribution in [1.82, 2.24) is 0 Å². The lowest BCUT2D eigenvalue weighted by Crippen LogP contribution is -2.19. The van der Waals surface area contributed by atoms with Crippen molar-refractivity contribution in [2.75, 3.05) is 19.8 Å². The van der Waals surface area contributed by atoms with E-state index in [0.717, 1.165) is 30.2 Å². The molecule has 1 aliphatic rings. The lowest BCUT2D eigenvalue weighted by molar-refractivity contribution is 0.337. The van der Waals surface area contributed by atoms with Crippen LogP contribution in [0.4, 0.5) is 0 Å². The minimum absolute atomic E-state index is 0.505. The summed E-state index contributed by atoms with van der Waals surface area (Å²) in [7, 11) is 0. The molecule has 3 nitrogen and oxygen atoms in total. The summed E-state index contributed by atoms with van der Waals surface area (Å²) in [4.78, 5) is 4.60. The molecule has 21 heavy (non-hydrogen) atoms. The van der Waals surface area contributed by atoms with Crippen molar-refractivity contribution in [3.8, 4) is 11.5 Å². The minimum atomic E-state index is 0.505. The van der Waals surface area contributed by atoms with E-state index in [-0.39, 0.29) is 0 Å². The summed E-state index contributed by atoms with van der Waals surface area (Å²) in [6, 6.07) is 16.1. The molecule has 0 N–H and O–H groups in total. The number of rotatable bonds is 5. The standard InChI is InChI=1S/C18H19NO2/c1-2-20-15-7-9-16(10-8-15)21-13-18-17-6-4-3-5-14(17)11-12-19-18/h3-10H,2,11-13H2,1H3. The molecule has 1 aliphatic heterocycles. The second-order valence-electron chi connectivity index (χ2n) is 4.93. The first kappa shape index (κ1) is 13.7. The molecule has 0 unspecified atom stereocenters. The zero-order valence-electron chi connectivity index (χ0n) is 12.2. The van der Waals surface area contributed by atoms with Gasteiger partial charge in [-0.3, -0.25) is 4.99 Å². The number of fused-ring (bicyclic) bond motifs is 1. The van der Waals surface area contributed by atoms with Gasteiger partial charge in [-0.15, -0.1) is 0 Å². The molecule has 2 aromatic rings. The van der Waals surface area contributed by atoms with Gasteiger partial charge in [-0.2, -0.15) is 0 Å². The van der Waals surface area contributed by atoms with Crippen molar-refractivity contribution >= 4 is 5.71 Å². The average molecular weight is 281 g/mol. The molecule has 3 heteroatoms. The summed E-state index contributed by atoms with van der Waals surface area (Å²) >= 11 is 0. The molecular weight excluding hydrogens is 262 g/mol. The van der Waals surface area contributed by atoms with Gasteiger partial charge >= 0.3 is 0 Å². The smallest absolute Gasteiger partial charge is 0.130 e. The van der Waals surface area contributed by atoms with E-state index in [0.29, 0.717) is 13.2 Å². The third-order valence-corrected chi connectivity index (χ3v) is 3.52. The first-order valence-corrected chi connectivity index (χ1v) is 7.34. The molecule has 0 atom stereocenters. The van der Waals surface area contributed by atoms with Gasteiger partial charge in [0, 0.05) is 12.1 Å². The fourth-order valence-electron chi connectivity index (χ4n) is 2.49. The van der Waals surface area contributed by atoms with E-state index < -0.39 is 0 Å². The Morgan fingerprint density at radius 3 is 2.43 bits per heavy atom. The van der Waals surface area contributed by atoms with E-state index in [1.165, 1.54) is 11.1 Å². The van der Waals surface area contributed by atoms with Crippen molar-refractivity contribution < 1.29 is 9.47 Å². The fraction of sp³-hybridized carbons (Fsp3) is 0.278. The summed E-state index contributed by atoms with van der Waals surface area (Å²) < 4.78 is 11.3. The number of nitrogens with zero attached hydrogens (tertiary/aromatic N) is 1. The van der Waals surface area contributed by atoms with Gasteiger partial charge in [0.15, 0.2) is 0 Å². The van der Waals surface area contributed by atoms with Crippen molar-refractivity contribution in [1.29, 1.82) is 0 Å². The Balaban J connectivity index is 1.66. The topological polar surface area (TPSA) is 30.8 Å². The Labute approximate surface area is 125 Å². The molecule has 0 aliphatic carbocycles. The monoisotopic (exact) mass is 281 g/mol. The highest BCUT2D eigenvalue weighted by molar-refractivity contribution is 6.03. The van der Waals surface area contributed by atoms with Crippen LogP contribution < -0.4 is 9.47 Å².